The van der Waals surface area contributed by atoms with Crippen molar-refractivity contribution in [3.63, 3.8) is 0 Å². The Hall–Kier alpha value is -2.84. The lowest BCUT2D eigenvalue weighted by Crippen LogP contribution is -2.13. The van der Waals surface area contributed by atoms with Gasteiger partial charge in [-0.05, 0) is 49.9 Å². The summed E-state index contributed by atoms with van der Waals surface area (Å²) >= 11 is 0. The molecule has 1 aromatic carbocycles. The van der Waals surface area contributed by atoms with E-state index in [9.17, 15) is 24.3 Å². The molecule has 10 heteroatoms. The van der Waals surface area contributed by atoms with E-state index >= 15 is 0 Å². The normalized spacial score (nSPS) is 23.8. The number of rotatable bonds is 5. The van der Waals surface area contributed by atoms with Crippen LogP contribution in [-0.2, 0) is 0 Å². The Balaban J connectivity index is 1.58. The predicted molar refractivity (Wildman–Crippen MR) is 118 cm³/mol. The number of benzene rings is 1. The summed E-state index contributed by atoms with van der Waals surface area (Å²) in [7, 11) is -3.06. The van der Waals surface area contributed by atoms with Crippen LogP contribution in [0.4, 0.5) is 11.5 Å². The number of anilines is 2. The Morgan fingerprint density at radius 3 is 2.87 bits per heavy atom. The van der Waals surface area contributed by atoms with Crippen molar-refractivity contribution in [1.29, 1.82) is 5.26 Å². The molecule has 0 amide bonds. The van der Waals surface area contributed by atoms with Crippen molar-refractivity contribution >= 4 is 33.0 Å². The molecule has 2 aromatic heterocycles. The topological polar surface area (TPSA) is 147 Å². The third-order valence-electron chi connectivity index (χ3n) is 6.29. The first kappa shape index (κ1) is 20.1. The molecule has 31 heavy (non-hydrogen) atoms. The molecule has 5 rings (SSSR count). The summed E-state index contributed by atoms with van der Waals surface area (Å²) in [5, 5.41) is 27.3. The fraction of sp³-hybridized carbons (Fsp3) is 0.381. The molecule has 2 aliphatic rings. The van der Waals surface area contributed by atoms with E-state index in [-0.39, 0.29) is 11.6 Å². The number of aromatic nitrogens is 3. The Bertz CT molecular complexity index is 1270. The predicted octanol–water partition coefficient (Wildman–Crippen LogP) is 3.88. The molecular weight excluding hydrogens is 418 g/mol. The maximum Gasteiger partial charge on any atom is 0.261 e. The standard InChI is InChI=1S/C21H23N5O4S/c1-11-19(27)14-10-13(4-5-17(14)31(11,29)30)24-20-18-16(7-9-23-21(18)28)26(25-20)15(6-8-22)12-2-3-12/h4-5,7,9-12,15,19,27,29-30H,2-3,6H2,1H3,(H,23,28)(H,24,25)/t11-,15?,19+/m1/s1. The SMILES string of the molecule is C[C@@H]1[C@H](O)c2cc(Nc3nn(C(CC#N)C4CC4)c4cc[nH]c(=O)c34)ccc2S1(O)O. The summed E-state index contributed by atoms with van der Waals surface area (Å²) in [6.07, 6.45) is 2.96. The number of nitrogens with one attached hydrogen (secondary N) is 2. The first-order valence-electron chi connectivity index (χ1n) is 10.2. The van der Waals surface area contributed by atoms with Gasteiger partial charge in [-0.15, -0.1) is 0 Å². The molecule has 5 N–H and O–H groups in total. The van der Waals surface area contributed by atoms with Gasteiger partial charge in [0.05, 0.1) is 34.2 Å². The van der Waals surface area contributed by atoms with Crippen LogP contribution in [0.2, 0.25) is 0 Å². The van der Waals surface area contributed by atoms with E-state index in [4.69, 9.17) is 0 Å². The van der Waals surface area contributed by atoms with Crippen LogP contribution in [0, 0.1) is 17.2 Å². The fourth-order valence-corrected chi connectivity index (χ4v) is 6.07. The number of hydrogen-bond acceptors (Lipinski definition) is 7. The molecule has 1 fully saturated rings. The Morgan fingerprint density at radius 1 is 1.39 bits per heavy atom. The van der Waals surface area contributed by atoms with Crippen LogP contribution >= 0.6 is 10.6 Å². The van der Waals surface area contributed by atoms with Gasteiger partial charge in [-0.1, -0.05) is 0 Å². The summed E-state index contributed by atoms with van der Waals surface area (Å²) in [5.41, 5.74) is 1.39. The molecule has 9 nitrogen and oxygen atoms in total. The van der Waals surface area contributed by atoms with Gasteiger partial charge in [-0.3, -0.25) is 18.6 Å². The number of aliphatic hydroxyl groups is 1. The summed E-state index contributed by atoms with van der Waals surface area (Å²) in [4.78, 5) is 15.6. The quantitative estimate of drug-likeness (QED) is 0.404. The maximum atomic E-state index is 12.6. The van der Waals surface area contributed by atoms with E-state index in [1.165, 1.54) is 0 Å². The zero-order valence-electron chi connectivity index (χ0n) is 16.8. The second-order valence-electron chi connectivity index (χ2n) is 8.25. The van der Waals surface area contributed by atoms with Crippen LogP contribution < -0.4 is 10.9 Å². The highest BCUT2D eigenvalue weighted by Crippen LogP contribution is 2.63. The summed E-state index contributed by atoms with van der Waals surface area (Å²) in [6, 6.07) is 8.84. The van der Waals surface area contributed by atoms with Crippen LogP contribution in [0.15, 0.2) is 40.2 Å². The molecule has 0 radical (unpaired) electrons. The maximum absolute atomic E-state index is 12.6. The van der Waals surface area contributed by atoms with E-state index in [0.29, 0.717) is 45.2 Å². The molecular formula is C21H23N5O4S. The van der Waals surface area contributed by atoms with Crippen LogP contribution in [0.3, 0.4) is 0 Å². The average Bonchev–Trinajstić information content (AvgIpc) is 3.50. The van der Waals surface area contributed by atoms with Crippen LogP contribution in [-0.4, -0.2) is 34.2 Å². The van der Waals surface area contributed by atoms with Crippen LogP contribution in [0.5, 0.6) is 0 Å². The molecule has 3 heterocycles. The van der Waals surface area contributed by atoms with Gasteiger partial charge in [0, 0.05) is 17.4 Å². The van der Waals surface area contributed by atoms with Gasteiger partial charge in [0.1, 0.15) is 11.5 Å². The van der Waals surface area contributed by atoms with Crippen molar-refractivity contribution in [2.45, 2.75) is 48.5 Å². The van der Waals surface area contributed by atoms with E-state index in [1.54, 1.807) is 42.1 Å². The second kappa shape index (κ2) is 7.10. The van der Waals surface area contributed by atoms with Gasteiger partial charge in [0.2, 0.25) is 0 Å². The van der Waals surface area contributed by atoms with Gasteiger partial charge in [-0.2, -0.15) is 21.0 Å². The number of aromatic amines is 1. The number of aliphatic hydroxyl groups excluding tert-OH is 1. The number of pyridine rings is 1. The van der Waals surface area contributed by atoms with E-state index in [0.717, 1.165) is 12.8 Å². The van der Waals surface area contributed by atoms with E-state index < -0.39 is 21.9 Å². The molecule has 1 unspecified atom stereocenters. The lowest BCUT2D eigenvalue weighted by atomic mass is 10.1. The third kappa shape index (κ3) is 3.13. The molecule has 3 atom stereocenters. The number of H-pyrrole nitrogens is 1. The van der Waals surface area contributed by atoms with Gasteiger partial charge in [0.15, 0.2) is 5.82 Å². The number of nitrogens with zero attached hydrogens (tertiary/aromatic N) is 3. The molecule has 162 valence electrons. The lowest BCUT2D eigenvalue weighted by Gasteiger charge is -2.33. The molecule has 0 bridgehead atoms. The fourth-order valence-electron chi connectivity index (χ4n) is 4.37. The van der Waals surface area contributed by atoms with Gasteiger partial charge in [0.25, 0.3) is 5.56 Å². The smallest absolute Gasteiger partial charge is 0.261 e. The van der Waals surface area contributed by atoms with Gasteiger partial charge < -0.3 is 15.4 Å². The van der Waals surface area contributed by atoms with Crippen molar-refractivity contribution in [2.75, 3.05) is 5.32 Å². The molecule has 1 aliphatic heterocycles. The largest absolute Gasteiger partial charge is 0.386 e. The molecule has 0 saturated heterocycles. The minimum absolute atomic E-state index is 0.0967. The van der Waals surface area contributed by atoms with E-state index in [1.807, 2.05) is 0 Å². The molecule has 0 spiro atoms. The first-order chi connectivity index (χ1) is 14.8. The van der Waals surface area contributed by atoms with E-state index in [2.05, 4.69) is 21.5 Å². The van der Waals surface area contributed by atoms with Crippen molar-refractivity contribution in [3.05, 3.63) is 46.4 Å². The van der Waals surface area contributed by atoms with Gasteiger partial charge in [-0.25, -0.2) is 0 Å². The first-order valence-corrected chi connectivity index (χ1v) is 11.8. The third-order valence-corrected chi connectivity index (χ3v) is 8.60. The monoisotopic (exact) mass is 441 g/mol. The zero-order chi connectivity index (χ0) is 21.9. The van der Waals surface area contributed by atoms with Crippen molar-refractivity contribution in [2.24, 2.45) is 5.92 Å². The van der Waals surface area contributed by atoms with Crippen molar-refractivity contribution in [1.82, 2.24) is 14.8 Å². The number of fused-ring (bicyclic) bond motifs is 2. The highest BCUT2D eigenvalue weighted by atomic mass is 32.3. The number of hydrogen-bond donors (Lipinski definition) is 5. The highest BCUT2D eigenvalue weighted by Gasteiger charge is 2.41. The minimum Gasteiger partial charge on any atom is -0.386 e. The molecule has 1 saturated carbocycles. The summed E-state index contributed by atoms with van der Waals surface area (Å²) < 4.78 is 22.5. The summed E-state index contributed by atoms with van der Waals surface area (Å²) in [5.74, 6) is 0.726. The Kier molecular flexibility index (Phi) is 4.60. The highest BCUT2D eigenvalue weighted by molar-refractivity contribution is 8.25. The average molecular weight is 442 g/mol. The second-order valence-corrected chi connectivity index (χ2v) is 10.6. The zero-order valence-corrected chi connectivity index (χ0v) is 17.6. The molecule has 1 aliphatic carbocycles. The van der Waals surface area contributed by atoms with Crippen LogP contribution in [0.1, 0.15) is 43.9 Å². The minimum atomic E-state index is -3.06. The van der Waals surface area contributed by atoms with Crippen LogP contribution in [0.25, 0.3) is 10.9 Å². The van der Waals surface area contributed by atoms with Crippen molar-refractivity contribution < 1.29 is 14.2 Å². The van der Waals surface area contributed by atoms with Crippen molar-refractivity contribution in [3.8, 4) is 6.07 Å². The Labute approximate surface area is 179 Å². The Morgan fingerprint density at radius 2 is 2.16 bits per heavy atom. The lowest BCUT2D eigenvalue weighted by molar-refractivity contribution is 0.177. The van der Waals surface area contributed by atoms with Gasteiger partial charge >= 0.3 is 0 Å². The summed E-state index contributed by atoms with van der Waals surface area (Å²) in [6.45, 7) is 1.61. The number of nitriles is 1. The molecule has 3 aromatic rings.